The molecule has 0 aromatic carbocycles. The standard InChI is InChI=1S/C72H127N2O6P/c1-6-8-10-12-14-16-18-20-22-24-26-28-30-31-32-33-34-35-36-37-38-39-40-41-42-43-44-46-48-50-52-54-56-58-60-62-64-66-72(76)73-70(69-80-81(77,78)79-68-67-74(3,4)5)71(75)65-63-61-59-57-55-53-51-49-47-45-29-27-25-23-21-19-17-15-13-11-9-7-2/h8,10,14,16,20,22,26,28,31-32,34-35,37-38,40-41,43-44,48,50,70-71,75H,6-7,9,11-13,15,17-19,21,23-25,27,29-30,33,36,39,42,45-47,49,51-69H2,1-5H3,(H-,73,76,77,78)/b10-8-,16-14-,22-20-,28-26-,32-31-,35-34-,38-37-,41-40-,44-43-,50-48-. The lowest BCUT2D eigenvalue weighted by Gasteiger charge is -2.30. The van der Waals surface area contributed by atoms with Crippen molar-refractivity contribution < 1.29 is 32.9 Å². The predicted molar refractivity (Wildman–Crippen MR) is 352 cm³/mol. The number of unbranched alkanes of at least 4 members (excludes halogenated alkanes) is 27. The molecular formula is C72H127N2O6P. The van der Waals surface area contributed by atoms with E-state index in [-0.39, 0.29) is 19.1 Å². The van der Waals surface area contributed by atoms with Gasteiger partial charge < -0.3 is 28.8 Å². The van der Waals surface area contributed by atoms with E-state index in [9.17, 15) is 19.4 Å². The summed E-state index contributed by atoms with van der Waals surface area (Å²) < 4.78 is 23.5. The van der Waals surface area contributed by atoms with Crippen LogP contribution in [0.1, 0.15) is 277 Å². The van der Waals surface area contributed by atoms with Gasteiger partial charge in [0, 0.05) is 6.42 Å². The number of phosphoric ester groups is 1. The lowest BCUT2D eigenvalue weighted by Crippen LogP contribution is -2.46. The van der Waals surface area contributed by atoms with Crippen LogP contribution in [0.15, 0.2) is 122 Å². The van der Waals surface area contributed by atoms with Gasteiger partial charge in [0.25, 0.3) is 7.82 Å². The second kappa shape index (κ2) is 61.5. The molecule has 0 spiro atoms. The Labute approximate surface area is 501 Å². The van der Waals surface area contributed by atoms with E-state index in [4.69, 9.17) is 9.05 Å². The molecule has 0 fully saturated rings. The Balaban J connectivity index is 4.17. The topological polar surface area (TPSA) is 108 Å². The molecule has 3 unspecified atom stereocenters. The number of quaternary nitrogens is 1. The molecule has 0 aromatic rings. The monoisotopic (exact) mass is 1150 g/mol. The fraction of sp³-hybridized carbons (Fsp3) is 0.708. The van der Waals surface area contributed by atoms with Crippen molar-refractivity contribution in [2.75, 3.05) is 40.9 Å². The van der Waals surface area contributed by atoms with Crippen LogP contribution in [0.3, 0.4) is 0 Å². The molecule has 81 heavy (non-hydrogen) atoms. The Kier molecular flexibility index (Phi) is 59.1. The molecule has 8 nitrogen and oxygen atoms in total. The number of hydrogen-bond donors (Lipinski definition) is 2. The first-order chi connectivity index (χ1) is 39.5. The van der Waals surface area contributed by atoms with Crippen LogP contribution >= 0.6 is 7.82 Å². The fourth-order valence-corrected chi connectivity index (χ4v) is 10.0. The lowest BCUT2D eigenvalue weighted by atomic mass is 10.0. The summed E-state index contributed by atoms with van der Waals surface area (Å²) in [5.41, 5.74) is 0. The van der Waals surface area contributed by atoms with Gasteiger partial charge in [0.1, 0.15) is 13.2 Å². The first-order valence-electron chi connectivity index (χ1n) is 33.4. The first kappa shape index (κ1) is 77.9. The molecule has 9 heteroatoms. The second-order valence-corrected chi connectivity index (χ2v) is 24.9. The summed E-state index contributed by atoms with van der Waals surface area (Å²) in [4.78, 5) is 25.6. The van der Waals surface area contributed by atoms with Gasteiger partial charge in [-0.05, 0) is 89.9 Å². The quantitative estimate of drug-likeness (QED) is 0.0272. The van der Waals surface area contributed by atoms with Gasteiger partial charge in [-0.25, -0.2) is 0 Å². The maximum Gasteiger partial charge on any atom is 0.268 e. The van der Waals surface area contributed by atoms with Gasteiger partial charge in [-0.1, -0.05) is 302 Å². The van der Waals surface area contributed by atoms with E-state index < -0.39 is 20.0 Å². The number of nitrogens with one attached hydrogen (secondary N) is 1. The number of rotatable bonds is 60. The van der Waals surface area contributed by atoms with Crippen molar-refractivity contribution in [3.8, 4) is 0 Å². The number of allylic oxidation sites excluding steroid dienone is 20. The Morgan fingerprint density at radius 1 is 0.444 bits per heavy atom. The summed E-state index contributed by atoms with van der Waals surface area (Å²) in [5, 5.41) is 14.1. The van der Waals surface area contributed by atoms with Gasteiger partial charge in [-0.2, -0.15) is 0 Å². The van der Waals surface area contributed by atoms with E-state index in [0.717, 1.165) is 116 Å². The molecule has 0 saturated heterocycles. The zero-order valence-corrected chi connectivity index (χ0v) is 54.1. The molecule has 0 aliphatic rings. The highest BCUT2D eigenvalue weighted by Crippen LogP contribution is 2.38. The highest BCUT2D eigenvalue weighted by molar-refractivity contribution is 7.45. The van der Waals surface area contributed by atoms with Crippen LogP contribution in [-0.4, -0.2) is 68.5 Å². The average molecular weight is 1150 g/mol. The maximum absolute atomic E-state index is 13.0. The van der Waals surface area contributed by atoms with Crippen LogP contribution in [-0.2, 0) is 18.4 Å². The van der Waals surface area contributed by atoms with Crippen LogP contribution in [0, 0.1) is 0 Å². The minimum Gasteiger partial charge on any atom is -0.756 e. The van der Waals surface area contributed by atoms with Crippen molar-refractivity contribution in [2.45, 2.75) is 289 Å². The zero-order valence-electron chi connectivity index (χ0n) is 53.2. The number of aliphatic hydroxyl groups is 1. The van der Waals surface area contributed by atoms with Crippen LogP contribution in [0.25, 0.3) is 0 Å². The Bertz CT molecular complexity index is 1730. The highest BCUT2D eigenvalue weighted by Gasteiger charge is 2.24. The third-order valence-corrected chi connectivity index (χ3v) is 15.4. The normalized spacial score (nSPS) is 14.5. The molecule has 0 radical (unpaired) electrons. The Morgan fingerprint density at radius 3 is 1.10 bits per heavy atom. The Hall–Kier alpha value is -3.10. The van der Waals surface area contributed by atoms with Gasteiger partial charge in [-0.15, -0.1) is 0 Å². The van der Waals surface area contributed by atoms with Crippen LogP contribution in [0.2, 0.25) is 0 Å². The number of likely N-dealkylation sites (N-methyl/N-ethyl adjacent to an activating group) is 1. The molecule has 0 aromatic heterocycles. The smallest absolute Gasteiger partial charge is 0.268 e. The number of carbonyl (C=O) groups is 1. The van der Waals surface area contributed by atoms with Crippen molar-refractivity contribution in [3.63, 3.8) is 0 Å². The highest BCUT2D eigenvalue weighted by atomic mass is 31.2. The molecule has 3 atom stereocenters. The third kappa shape index (κ3) is 64.3. The van der Waals surface area contributed by atoms with Gasteiger partial charge in [0.05, 0.1) is 39.9 Å². The molecule has 0 aliphatic carbocycles. The lowest BCUT2D eigenvalue weighted by molar-refractivity contribution is -0.870. The summed E-state index contributed by atoms with van der Waals surface area (Å²) in [6, 6.07) is -0.819. The molecule has 1 amide bonds. The molecule has 0 rings (SSSR count). The Morgan fingerprint density at radius 2 is 0.753 bits per heavy atom. The van der Waals surface area contributed by atoms with E-state index in [2.05, 4.69) is 141 Å². The number of carbonyl (C=O) groups excluding carboxylic acids is 1. The molecule has 0 bridgehead atoms. The van der Waals surface area contributed by atoms with Crippen LogP contribution < -0.4 is 10.2 Å². The van der Waals surface area contributed by atoms with Crippen molar-refractivity contribution in [2.24, 2.45) is 0 Å². The van der Waals surface area contributed by atoms with Gasteiger partial charge in [0.15, 0.2) is 0 Å². The van der Waals surface area contributed by atoms with Crippen molar-refractivity contribution >= 4 is 13.7 Å². The van der Waals surface area contributed by atoms with Gasteiger partial charge >= 0.3 is 0 Å². The van der Waals surface area contributed by atoms with E-state index >= 15 is 0 Å². The molecule has 0 saturated carbocycles. The van der Waals surface area contributed by atoms with Crippen molar-refractivity contribution in [1.29, 1.82) is 0 Å². The largest absolute Gasteiger partial charge is 0.756 e. The summed E-state index contributed by atoms with van der Waals surface area (Å²) in [6.45, 7) is 4.61. The summed E-state index contributed by atoms with van der Waals surface area (Å²) in [6.07, 6.45) is 91.1. The number of hydrogen-bond acceptors (Lipinski definition) is 6. The number of nitrogens with zero attached hydrogens (tertiary/aromatic N) is 1. The second-order valence-electron chi connectivity index (χ2n) is 23.4. The fourth-order valence-electron chi connectivity index (χ4n) is 9.31. The molecule has 0 aliphatic heterocycles. The zero-order chi connectivity index (χ0) is 59.1. The minimum atomic E-state index is -4.59. The summed E-state index contributed by atoms with van der Waals surface area (Å²) in [7, 11) is 1.28. The van der Waals surface area contributed by atoms with Gasteiger partial charge in [0.2, 0.25) is 5.91 Å². The predicted octanol–water partition coefficient (Wildman–Crippen LogP) is 20.6. The van der Waals surface area contributed by atoms with E-state index in [1.165, 1.54) is 135 Å². The molecule has 466 valence electrons. The first-order valence-corrected chi connectivity index (χ1v) is 34.8. The van der Waals surface area contributed by atoms with Gasteiger partial charge in [-0.3, -0.25) is 9.36 Å². The summed E-state index contributed by atoms with van der Waals surface area (Å²) >= 11 is 0. The average Bonchev–Trinajstić information content (AvgIpc) is 3.43. The molecule has 2 N–H and O–H groups in total. The number of aliphatic hydroxyl groups excluding tert-OH is 1. The third-order valence-electron chi connectivity index (χ3n) is 14.5. The van der Waals surface area contributed by atoms with E-state index in [1.807, 2.05) is 21.1 Å². The number of amides is 1. The van der Waals surface area contributed by atoms with Crippen LogP contribution in [0.4, 0.5) is 0 Å². The maximum atomic E-state index is 13.0. The minimum absolute atomic E-state index is 0.00342. The SMILES string of the molecule is CC/C=C\C/C=C\C/C=C\C/C=C\C/C=C\C/C=C\C/C=C\C/C=C\C/C=C\C/C=C\CCCCCCCCC(=O)NC(COP(=O)([O-])OCC[N+](C)(C)C)C(O)CCCCCCCCCCCCCCCCCCCCCCCC. The van der Waals surface area contributed by atoms with E-state index in [1.54, 1.807) is 0 Å². The van der Waals surface area contributed by atoms with Crippen molar-refractivity contribution in [3.05, 3.63) is 122 Å². The van der Waals surface area contributed by atoms with E-state index in [0.29, 0.717) is 23.9 Å². The molecular weight excluding hydrogens is 1020 g/mol. The molecule has 0 heterocycles. The summed E-state index contributed by atoms with van der Waals surface area (Å²) in [5.74, 6) is -0.181. The number of phosphoric acid groups is 1. The van der Waals surface area contributed by atoms with Crippen LogP contribution in [0.5, 0.6) is 0 Å². The van der Waals surface area contributed by atoms with Crippen molar-refractivity contribution in [1.82, 2.24) is 5.32 Å².